The van der Waals surface area contributed by atoms with Crippen LogP contribution in [0.25, 0.3) is 11.3 Å². The third kappa shape index (κ3) is 6.85. The van der Waals surface area contributed by atoms with Gasteiger partial charge in [0.1, 0.15) is 0 Å². The summed E-state index contributed by atoms with van der Waals surface area (Å²) < 4.78 is 5.13. The van der Waals surface area contributed by atoms with Crippen LogP contribution in [0.5, 0.6) is 0 Å². The van der Waals surface area contributed by atoms with Crippen molar-refractivity contribution in [2.75, 3.05) is 19.7 Å². The van der Waals surface area contributed by atoms with Gasteiger partial charge in [0.2, 0.25) is 0 Å². The molecule has 2 heterocycles. The highest BCUT2D eigenvalue weighted by atomic mass is 35.5. The van der Waals surface area contributed by atoms with Gasteiger partial charge < -0.3 is 14.9 Å². The van der Waals surface area contributed by atoms with E-state index in [2.05, 4.69) is 15.1 Å². The van der Waals surface area contributed by atoms with Crippen LogP contribution in [0.4, 0.5) is 0 Å². The normalized spacial score (nSPS) is 14.5. The number of carbonyl (C=O) groups excluding carboxylic acids is 1. The summed E-state index contributed by atoms with van der Waals surface area (Å²) in [6.07, 6.45) is 3.58. The maximum atomic E-state index is 11.8. The zero-order valence-corrected chi connectivity index (χ0v) is 17.3. The predicted molar refractivity (Wildman–Crippen MR) is 109 cm³/mol. The molecule has 1 aliphatic heterocycles. The van der Waals surface area contributed by atoms with Crippen LogP contribution >= 0.6 is 11.6 Å². The van der Waals surface area contributed by atoms with Gasteiger partial charge in [-0.2, -0.15) is 5.10 Å². The molecule has 9 nitrogen and oxygen atoms in total. The third-order valence-electron chi connectivity index (χ3n) is 4.64. The highest BCUT2D eigenvalue weighted by Crippen LogP contribution is 2.26. The molecule has 1 saturated heterocycles. The number of aromatic amines is 1. The van der Waals surface area contributed by atoms with E-state index in [4.69, 9.17) is 36.1 Å². The molecule has 0 radical (unpaired) electrons. The fourth-order valence-corrected chi connectivity index (χ4v) is 3.25. The molecule has 0 aliphatic carbocycles. The Balaban J connectivity index is 0.000000469. The topological polar surface area (TPSA) is 133 Å². The van der Waals surface area contributed by atoms with Crippen molar-refractivity contribution in [3.63, 3.8) is 0 Å². The Hall–Kier alpha value is -2.91. The summed E-state index contributed by atoms with van der Waals surface area (Å²) in [6.45, 7) is 4.93. The van der Waals surface area contributed by atoms with Crippen LogP contribution in [0.3, 0.4) is 0 Å². The SMILES string of the molecule is CCOC(=O)C1CCN(Cc2cn[nH]c2-c2ccc(Cl)cc2)CC1.O=C(O)C(=O)O. The second-order valence-electron chi connectivity index (χ2n) is 6.69. The van der Waals surface area contributed by atoms with Crippen LogP contribution in [0.15, 0.2) is 30.5 Å². The lowest BCUT2D eigenvalue weighted by Crippen LogP contribution is -2.36. The number of hydrogen-bond donors (Lipinski definition) is 3. The molecular weight excluding hydrogens is 414 g/mol. The van der Waals surface area contributed by atoms with Crippen LogP contribution in [0.1, 0.15) is 25.3 Å². The Labute approximate surface area is 178 Å². The average molecular weight is 438 g/mol. The minimum atomic E-state index is -1.82. The molecule has 162 valence electrons. The van der Waals surface area contributed by atoms with Gasteiger partial charge in [0, 0.05) is 17.1 Å². The molecular formula is C20H24ClN3O6. The monoisotopic (exact) mass is 437 g/mol. The lowest BCUT2D eigenvalue weighted by atomic mass is 9.96. The Bertz CT molecular complexity index is 848. The van der Waals surface area contributed by atoms with Gasteiger partial charge in [-0.05, 0) is 50.6 Å². The van der Waals surface area contributed by atoms with Crippen molar-refractivity contribution in [2.45, 2.75) is 26.3 Å². The van der Waals surface area contributed by atoms with Crippen LogP contribution in [-0.4, -0.2) is 62.9 Å². The first kappa shape index (κ1) is 23.4. The minimum absolute atomic E-state index is 0.0429. The molecule has 0 saturated carbocycles. The number of aliphatic carboxylic acids is 2. The summed E-state index contributed by atoms with van der Waals surface area (Å²) in [6, 6.07) is 7.75. The van der Waals surface area contributed by atoms with Crippen LogP contribution in [0.2, 0.25) is 5.02 Å². The van der Waals surface area contributed by atoms with Crippen molar-refractivity contribution in [3.8, 4) is 11.3 Å². The molecule has 0 atom stereocenters. The number of carboxylic acid groups (broad SMARTS) is 2. The summed E-state index contributed by atoms with van der Waals surface area (Å²) in [7, 11) is 0. The van der Waals surface area contributed by atoms with Crippen molar-refractivity contribution in [3.05, 3.63) is 41.0 Å². The molecule has 1 fully saturated rings. The fourth-order valence-electron chi connectivity index (χ4n) is 3.13. The zero-order valence-electron chi connectivity index (χ0n) is 16.5. The zero-order chi connectivity index (χ0) is 22.1. The smallest absolute Gasteiger partial charge is 0.414 e. The number of hydrogen-bond acceptors (Lipinski definition) is 6. The predicted octanol–water partition coefficient (Wildman–Crippen LogP) is 2.66. The Morgan fingerprint density at radius 1 is 1.17 bits per heavy atom. The number of aromatic nitrogens is 2. The number of rotatable bonds is 5. The Morgan fingerprint density at radius 3 is 2.30 bits per heavy atom. The van der Waals surface area contributed by atoms with Crippen molar-refractivity contribution in [2.24, 2.45) is 5.92 Å². The maximum absolute atomic E-state index is 11.8. The van der Waals surface area contributed by atoms with Gasteiger partial charge in [0.25, 0.3) is 0 Å². The van der Waals surface area contributed by atoms with Gasteiger partial charge in [-0.15, -0.1) is 0 Å². The van der Waals surface area contributed by atoms with Gasteiger partial charge >= 0.3 is 17.9 Å². The summed E-state index contributed by atoms with van der Waals surface area (Å²) in [5, 5.41) is 22.8. The van der Waals surface area contributed by atoms with E-state index in [-0.39, 0.29) is 11.9 Å². The molecule has 1 aromatic heterocycles. The number of likely N-dealkylation sites (tertiary alicyclic amines) is 1. The number of nitrogens with one attached hydrogen (secondary N) is 1. The second-order valence-corrected chi connectivity index (χ2v) is 7.13. The van der Waals surface area contributed by atoms with Gasteiger partial charge in [0.15, 0.2) is 0 Å². The Morgan fingerprint density at radius 2 is 1.77 bits per heavy atom. The molecule has 0 amide bonds. The molecule has 0 bridgehead atoms. The summed E-state index contributed by atoms with van der Waals surface area (Å²) in [5.74, 6) is -3.66. The third-order valence-corrected chi connectivity index (χ3v) is 4.89. The molecule has 1 aliphatic rings. The van der Waals surface area contributed by atoms with Crippen LogP contribution < -0.4 is 0 Å². The summed E-state index contributed by atoms with van der Waals surface area (Å²) in [5.41, 5.74) is 3.26. The highest BCUT2D eigenvalue weighted by molar-refractivity contribution is 6.30. The minimum Gasteiger partial charge on any atom is -0.473 e. The number of benzene rings is 1. The molecule has 10 heteroatoms. The lowest BCUT2D eigenvalue weighted by Gasteiger charge is -2.30. The average Bonchev–Trinajstić information content (AvgIpc) is 3.18. The molecule has 2 aromatic rings. The lowest BCUT2D eigenvalue weighted by molar-refractivity contribution is -0.159. The number of carboxylic acids is 2. The number of esters is 1. The summed E-state index contributed by atoms with van der Waals surface area (Å²) >= 11 is 5.96. The van der Waals surface area contributed by atoms with E-state index in [0.29, 0.717) is 6.61 Å². The maximum Gasteiger partial charge on any atom is 0.414 e. The number of halogens is 1. The molecule has 1 aromatic carbocycles. The number of H-pyrrole nitrogens is 1. The van der Waals surface area contributed by atoms with Crippen molar-refractivity contribution in [1.29, 1.82) is 0 Å². The van der Waals surface area contributed by atoms with Crippen molar-refractivity contribution < 1.29 is 29.3 Å². The number of nitrogens with zero attached hydrogens (tertiary/aromatic N) is 2. The van der Waals surface area contributed by atoms with E-state index in [0.717, 1.165) is 54.3 Å². The van der Waals surface area contributed by atoms with Gasteiger partial charge in [-0.25, -0.2) is 9.59 Å². The van der Waals surface area contributed by atoms with Gasteiger partial charge in [0.05, 0.1) is 24.4 Å². The second kappa shape index (κ2) is 11.3. The first-order valence-electron chi connectivity index (χ1n) is 9.45. The highest BCUT2D eigenvalue weighted by Gasteiger charge is 2.26. The van der Waals surface area contributed by atoms with E-state index < -0.39 is 11.9 Å². The number of ether oxygens (including phenoxy) is 1. The standard InChI is InChI=1S/C18H22ClN3O2.C2H2O4/c1-2-24-18(23)14-7-9-22(10-8-14)12-15-11-20-21-17(15)13-3-5-16(19)6-4-13;3-1(4)2(5)6/h3-6,11,14H,2,7-10,12H2,1H3,(H,20,21);(H,3,4)(H,5,6). The van der Waals surface area contributed by atoms with Gasteiger partial charge in [-0.1, -0.05) is 23.7 Å². The summed E-state index contributed by atoms with van der Waals surface area (Å²) in [4.78, 5) is 32.4. The quantitative estimate of drug-likeness (QED) is 0.480. The van der Waals surface area contributed by atoms with E-state index in [1.165, 1.54) is 0 Å². The molecule has 3 N–H and O–H groups in total. The van der Waals surface area contributed by atoms with E-state index in [9.17, 15) is 4.79 Å². The molecule has 0 spiro atoms. The molecule has 0 unspecified atom stereocenters. The van der Waals surface area contributed by atoms with Crippen molar-refractivity contribution in [1.82, 2.24) is 15.1 Å². The van der Waals surface area contributed by atoms with Crippen LogP contribution in [-0.2, 0) is 25.7 Å². The first-order chi connectivity index (χ1) is 14.3. The van der Waals surface area contributed by atoms with E-state index >= 15 is 0 Å². The first-order valence-corrected chi connectivity index (χ1v) is 9.83. The molecule has 3 rings (SSSR count). The Kier molecular flexibility index (Phi) is 8.82. The number of carbonyl (C=O) groups is 3. The van der Waals surface area contributed by atoms with Crippen molar-refractivity contribution >= 4 is 29.5 Å². The van der Waals surface area contributed by atoms with Crippen LogP contribution in [0, 0.1) is 5.92 Å². The van der Waals surface area contributed by atoms with E-state index in [1.54, 1.807) is 0 Å². The molecule has 30 heavy (non-hydrogen) atoms. The van der Waals surface area contributed by atoms with E-state index in [1.807, 2.05) is 37.4 Å². The largest absolute Gasteiger partial charge is 0.473 e. The fraction of sp³-hybridized carbons (Fsp3) is 0.400. The number of piperidine rings is 1. The van der Waals surface area contributed by atoms with Gasteiger partial charge in [-0.3, -0.25) is 14.8 Å².